The zero-order valence-corrected chi connectivity index (χ0v) is 23.3. The average molecular weight is 551 g/mol. The van der Waals surface area contributed by atoms with E-state index in [1.807, 2.05) is 0 Å². The van der Waals surface area contributed by atoms with E-state index in [4.69, 9.17) is 4.42 Å². The van der Waals surface area contributed by atoms with Crippen molar-refractivity contribution in [2.24, 2.45) is 0 Å². The number of anilines is 3. The SMILES string of the molecule is c1ccc(N(c2ccc3c(c2)c2ccccc2n3-c2ccccc2)c2cccc3c2oc2ccc4ccccc4c23)cc1. The zero-order valence-electron chi connectivity index (χ0n) is 23.3. The van der Waals surface area contributed by atoms with Crippen LogP contribution in [-0.4, -0.2) is 4.57 Å². The maximum atomic E-state index is 6.69. The van der Waals surface area contributed by atoms with Crippen LogP contribution in [0.2, 0.25) is 0 Å². The second-order valence-corrected chi connectivity index (χ2v) is 11.0. The summed E-state index contributed by atoms with van der Waals surface area (Å²) in [6.45, 7) is 0. The number of nitrogens with zero attached hydrogens (tertiary/aromatic N) is 2. The summed E-state index contributed by atoms with van der Waals surface area (Å²) >= 11 is 0. The van der Waals surface area contributed by atoms with Crippen LogP contribution in [-0.2, 0) is 0 Å². The Morgan fingerprint density at radius 3 is 2.02 bits per heavy atom. The number of hydrogen-bond acceptors (Lipinski definition) is 2. The molecule has 0 aliphatic heterocycles. The first-order valence-electron chi connectivity index (χ1n) is 14.6. The highest BCUT2D eigenvalue weighted by atomic mass is 16.3. The molecule has 0 saturated heterocycles. The summed E-state index contributed by atoms with van der Waals surface area (Å²) in [5, 5.41) is 7.13. The molecule has 0 radical (unpaired) electrons. The molecule has 0 unspecified atom stereocenters. The van der Waals surface area contributed by atoms with Crippen LogP contribution in [0.3, 0.4) is 0 Å². The number of furan rings is 1. The highest BCUT2D eigenvalue weighted by Crippen LogP contribution is 2.45. The van der Waals surface area contributed by atoms with Gasteiger partial charge >= 0.3 is 0 Å². The van der Waals surface area contributed by atoms with Crippen LogP contribution in [0.25, 0.3) is 60.2 Å². The Hall–Kier alpha value is -5.80. The number of hydrogen-bond donors (Lipinski definition) is 0. The zero-order chi connectivity index (χ0) is 28.3. The molecule has 9 rings (SSSR count). The number of aromatic nitrogens is 1. The van der Waals surface area contributed by atoms with Crippen LogP contribution in [0.4, 0.5) is 17.1 Å². The van der Waals surface area contributed by atoms with Crippen LogP contribution < -0.4 is 4.90 Å². The summed E-state index contributed by atoms with van der Waals surface area (Å²) in [6, 6.07) is 55.9. The summed E-state index contributed by atoms with van der Waals surface area (Å²) in [6.07, 6.45) is 0. The van der Waals surface area contributed by atoms with Gasteiger partial charge in [0, 0.05) is 38.6 Å². The molecule has 7 aromatic carbocycles. The Morgan fingerprint density at radius 1 is 0.465 bits per heavy atom. The number of benzene rings is 7. The molecule has 0 bridgehead atoms. The fourth-order valence-electron chi connectivity index (χ4n) is 6.69. The van der Waals surface area contributed by atoms with Gasteiger partial charge in [0.25, 0.3) is 0 Å². The van der Waals surface area contributed by atoms with E-state index < -0.39 is 0 Å². The van der Waals surface area contributed by atoms with E-state index >= 15 is 0 Å². The quantitative estimate of drug-likeness (QED) is 0.217. The van der Waals surface area contributed by atoms with Gasteiger partial charge in [-0.25, -0.2) is 0 Å². The Balaban J connectivity index is 1.33. The number of rotatable bonds is 4. The van der Waals surface area contributed by atoms with Gasteiger partial charge in [0.2, 0.25) is 0 Å². The van der Waals surface area contributed by atoms with Crippen molar-refractivity contribution in [1.82, 2.24) is 4.57 Å². The third-order valence-electron chi connectivity index (χ3n) is 8.55. The Morgan fingerprint density at radius 2 is 1.16 bits per heavy atom. The molecular formula is C40H26N2O. The Kier molecular flexibility index (Phi) is 5.20. The largest absolute Gasteiger partial charge is 0.454 e. The van der Waals surface area contributed by atoms with Crippen LogP contribution in [0.5, 0.6) is 0 Å². The summed E-state index contributed by atoms with van der Waals surface area (Å²) in [7, 11) is 0. The van der Waals surface area contributed by atoms with Crippen LogP contribution in [0.15, 0.2) is 162 Å². The molecule has 43 heavy (non-hydrogen) atoms. The van der Waals surface area contributed by atoms with E-state index in [-0.39, 0.29) is 0 Å². The second kappa shape index (κ2) is 9.37. The maximum Gasteiger partial charge on any atom is 0.159 e. The molecule has 202 valence electrons. The van der Waals surface area contributed by atoms with Gasteiger partial charge < -0.3 is 13.9 Å². The van der Waals surface area contributed by atoms with E-state index in [1.165, 1.54) is 32.6 Å². The lowest BCUT2D eigenvalue weighted by Crippen LogP contribution is -2.10. The lowest BCUT2D eigenvalue weighted by Gasteiger charge is -2.25. The summed E-state index contributed by atoms with van der Waals surface area (Å²) < 4.78 is 9.04. The van der Waals surface area contributed by atoms with Crippen molar-refractivity contribution in [3.8, 4) is 5.69 Å². The Bertz CT molecular complexity index is 2450. The van der Waals surface area contributed by atoms with Gasteiger partial charge in [0.15, 0.2) is 5.58 Å². The molecule has 2 heterocycles. The molecule has 0 aliphatic rings. The predicted molar refractivity (Wildman–Crippen MR) is 180 cm³/mol. The highest BCUT2D eigenvalue weighted by molar-refractivity contribution is 6.21. The molecule has 3 heteroatoms. The first-order chi connectivity index (χ1) is 21.3. The van der Waals surface area contributed by atoms with Gasteiger partial charge in [-0.15, -0.1) is 0 Å². The number of fused-ring (bicyclic) bond motifs is 8. The molecule has 3 nitrogen and oxygen atoms in total. The molecule has 9 aromatic rings. The molecule has 2 aromatic heterocycles. The molecule has 0 N–H and O–H groups in total. The van der Waals surface area contributed by atoms with Gasteiger partial charge in [-0.05, 0) is 71.4 Å². The van der Waals surface area contributed by atoms with E-state index in [2.05, 4.69) is 167 Å². The predicted octanol–water partition coefficient (Wildman–Crippen LogP) is 11.3. The maximum absolute atomic E-state index is 6.69. The van der Waals surface area contributed by atoms with E-state index in [0.717, 1.165) is 44.7 Å². The minimum atomic E-state index is 0.879. The fourth-order valence-corrected chi connectivity index (χ4v) is 6.69. The fraction of sp³-hybridized carbons (Fsp3) is 0. The van der Waals surface area contributed by atoms with Crippen molar-refractivity contribution >= 4 is 71.6 Å². The minimum Gasteiger partial charge on any atom is -0.454 e. The molecule has 0 aliphatic carbocycles. The van der Waals surface area contributed by atoms with Gasteiger partial charge in [-0.1, -0.05) is 97.1 Å². The van der Waals surface area contributed by atoms with Crippen LogP contribution >= 0.6 is 0 Å². The summed E-state index contributed by atoms with van der Waals surface area (Å²) in [4.78, 5) is 2.32. The smallest absolute Gasteiger partial charge is 0.159 e. The Labute approximate surface area is 248 Å². The first-order valence-corrected chi connectivity index (χ1v) is 14.6. The molecule has 0 spiro atoms. The summed E-state index contributed by atoms with van der Waals surface area (Å²) in [5.41, 5.74) is 8.46. The van der Waals surface area contributed by atoms with E-state index in [9.17, 15) is 0 Å². The van der Waals surface area contributed by atoms with Gasteiger partial charge in [0.1, 0.15) is 5.58 Å². The molecule has 0 amide bonds. The van der Waals surface area contributed by atoms with Crippen LogP contribution in [0, 0.1) is 0 Å². The third kappa shape index (κ3) is 3.62. The van der Waals surface area contributed by atoms with Crippen molar-refractivity contribution in [3.63, 3.8) is 0 Å². The molecule has 0 saturated carbocycles. The lowest BCUT2D eigenvalue weighted by molar-refractivity contribution is 0.669. The minimum absolute atomic E-state index is 0.879. The average Bonchev–Trinajstić information content (AvgIpc) is 3.62. The van der Waals surface area contributed by atoms with Crippen molar-refractivity contribution in [3.05, 3.63) is 158 Å². The lowest BCUT2D eigenvalue weighted by atomic mass is 10.0. The summed E-state index contributed by atoms with van der Waals surface area (Å²) in [5.74, 6) is 0. The standard InChI is InChI=1S/C40H26N2O/c1-3-13-28(14-4-1)41(37-21-11-19-33-39-31-17-8-7-12-27(31)22-25-38(39)43-40(33)37)30-23-24-36-34(26-30)32-18-9-10-20-35(32)42(36)29-15-5-2-6-16-29/h1-26H. The van der Waals surface area contributed by atoms with Crippen molar-refractivity contribution in [2.75, 3.05) is 4.90 Å². The highest BCUT2D eigenvalue weighted by Gasteiger charge is 2.21. The second-order valence-electron chi connectivity index (χ2n) is 11.0. The normalized spacial score (nSPS) is 11.7. The third-order valence-corrected chi connectivity index (χ3v) is 8.55. The van der Waals surface area contributed by atoms with Gasteiger partial charge in [0.05, 0.1) is 16.7 Å². The van der Waals surface area contributed by atoms with Crippen molar-refractivity contribution in [2.45, 2.75) is 0 Å². The van der Waals surface area contributed by atoms with E-state index in [0.29, 0.717) is 0 Å². The van der Waals surface area contributed by atoms with Crippen molar-refractivity contribution < 1.29 is 4.42 Å². The molecule has 0 fully saturated rings. The monoisotopic (exact) mass is 550 g/mol. The molecular weight excluding hydrogens is 524 g/mol. The first kappa shape index (κ1) is 23.9. The van der Waals surface area contributed by atoms with Gasteiger partial charge in [-0.2, -0.15) is 0 Å². The van der Waals surface area contributed by atoms with E-state index in [1.54, 1.807) is 0 Å². The van der Waals surface area contributed by atoms with Crippen LogP contribution in [0.1, 0.15) is 0 Å². The van der Waals surface area contributed by atoms with Gasteiger partial charge in [-0.3, -0.25) is 0 Å². The van der Waals surface area contributed by atoms with Crippen molar-refractivity contribution in [1.29, 1.82) is 0 Å². The number of para-hydroxylation sites is 4. The molecule has 0 atom stereocenters. The topological polar surface area (TPSA) is 21.3 Å².